The number of hydrogen-bond acceptors (Lipinski definition) is 7. The molecule has 0 aromatic heterocycles. The summed E-state index contributed by atoms with van der Waals surface area (Å²) in [6, 6.07) is 2.21. The van der Waals surface area contributed by atoms with Crippen LogP contribution < -0.4 is 14.2 Å². The normalized spacial score (nSPS) is 20.4. The van der Waals surface area contributed by atoms with E-state index in [1.54, 1.807) is 0 Å². The third-order valence-corrected chi connectivity index (χ3v) is 5.09. The van der Waals surface area contributed by atoms with Crippen molar-refractivity contribution in [3.05, 3.63) is 22.2 Å². The van der Waals surface area contributed by atoms with Crippen molar-refractivity contribution in [3.8, 4) is 11.5 Å². The fraction of sp³-hybridized carbons (Fsp3) is 0.538. The lowest BCUT2D eigenvalue weighted by molar-refractivity contribution is -0.388. The number of rotatable bonds is 5. The Hall–Kier alpha value is -1.91. The van der Waals surface area contributed by atoms with Crippen molar-refractivity contribution in [1.29, 1.82) is 0 Å². The molecule has 2 aliphatic heterocycles. The molecule has 1 saturated heterocycles. The van der Waals surface area contributed by atoms with Crippen LogP contribution in [-0.4, -0.2) is 45.8 Å². The fourth-order valence-electron chi connectivity index (χ4n) is 2.50. The first-order valence-electron chi connectivity index (χ1n) is 7.17. The second-order valence-corrected chi connectivity index (χ2v) is 6.94. The lowest BCUT2D eigenvalue weighted by atomic mass is 10.2. The van der Waals surface area contributed by atoms with Gasteiger partial charge in [-0.1, -0.05) is 0 Å². The second-order valence-electron chi connectivity index (χ2n) is 5.21. The zero-order chi connectivity index (χ0) is 16.4. The molecule has 0 amide bonds. The van der Waals surface area contributed by atoms with Crippen molar-refractivity contribution in [2.24, 2.45) is 0 Å². The second kappa shape index (κ2) is 6.30. The van der Waals surface area contributed by atoms with Gasteiger partial charge in [0.2, 0.25) is 10.0 Å². The van der Waals surface area contributed by atoms with Crippen LogP contribution in [-0.2, 0) is 14.8 Å². The number of nitro benzene ring substituents is 1. The van der Waals surface area contributed by atoms with E-state index in [1.807, 2.05) is 0 Å². The monoisotopic (exact) mass is 344 g/mol. The van der Waals surface area contributed by atoms with Crippen molar-refractivity contribution in [2.45, 2.75) is 23.8 Å². The first-order chi connectivity index (χ1) is 11.0. The largest absolute Gasteiger partial charge is 0.486 e. The van der Waals surface area contributed by atoms with Gasteiger partial charge in [-0.3, -0.25) is 10.1 Å². The zero-order valence-electron chi connectivity index (χ0n) is 12.2. The van der Waals surface area contributed by atoms with Crippen LogP contribution in [0.3, 0.4) is 0 Å². The molecule has 0 radical (unpaired) electrons. The molecule has 0 saturated carbocycles. The molecule has 126 valence electrons. The molecule has 1 aromatic carbocycles. The molecule has 1 N–H and O–H groups in total. The third kappa shape index (κ3) is 3.38. The smallest absolute Gasteiger partial charge is 0.293 e. The highest BCUT2D eigenvalue weighted by Crippen LogP contribution is 2.38. The molecule has 9 nitrogen and oxygen atoms in total. The molecular formula is C13H16N2O7S. The van der Waals surface area contributed by atoms with Gasteiger partial charge in [-0.2, -0.15) is 0 Å². The van der Waals surface area contributed by atoms with E-state index in [4.69, 9.17) is 14.2 Å². The summed E-state index contributed by atoms with van der Waals surface area (Å²) >= 11 is 0. The molecule has 2 aliphatic rings. The van der Waals surface area contributed by atoms with Gasteiger partial charge in [0, 0.05) is 19.2 Å². The van der Waals surface area contributed by atoms with Crippen LogP contribution in [0.1, 0.15) is 12.8 Å². The van der Waals surface area contributed by atoms with Gasteiger partial charge in [-0.25, -0.2) is 13.1 Å². The number of hydrogen-bond donors (Lipinski definition) is 1. The Labute approximate surface area is 132 Å². The van der Waals surface area contributed by atoms with Crippen LogP contribution >= 0.6 is 0 Å². The Bertz CT molecular complexity index is 713. The lowest BCUT2D eigenvalue weighted by Crippen LogP contribution is -2.32. The summed E-state index contributed by atoms with van der Waals surface area (Å²) in [5.74, 6) is 0.348. The molecule has 23 heavy (non-hydrogen) atoms. The van der Waals surface area contributed by atoms with Crippen LogP contribution in [0, 0.1) is 10.1 Å². The Morgan fingerprint density at radius 3 is 2.52 bits per heavy atom. The minimum atomic E-state index is -4.06. The number of nitrogens with one attached hydrogen (secondary N) is 1. The van der Waals surface area contributed by atoms with Crippen molar-refractivity contribution >= 4 is 15.7 Å². The Kier molecular flexibility index (Phi) is 4.37. The number of fused-ring (bicyclic) bond motifs is 1. The van der Waals surface area contributed by atoms with E-state index in [1.165, 1.54) is 0 Å². The number of benzene rings is 1. The predicted octanol–water partition coefficient (Wildman–Crippen LogP) is 0.823. The highest BCUT2D eigenvalue weighted by atomic mass is 32.2. The van der Waals surface area contributed by atoms with E-state index in [0.717, 1.165) is 25.0 Å². The predicted molar refractivity (Wildman–Crippen MR) is 78.2 cm³/mol. The number of sulfonamides is 1. The van der Waals surface area contributed by atoms with Crippen LogP contribution in [0.25, 0.3) is 0 Å². The van der Waals surface area contributed by atoms with Crippen molar-refractivity contribution < 1.29 is 27.6 Å². The molecule has 1 fully saturated rings. The standard InChI is InChI=1S/C13H16N2O7S/c16-15(17)10-6-11-12(22-5-4-21-11)7-13(10)23(18,19)14-8-9-2-1-3-20-9/h6-7,9,14H,1-5,8H2. The topological polar surface area (TPSA) is 117 Å². The molecule has 0 spiro atoms. The van der Waals surface area contributed by atoms with Crippen LogP contribution in [0.15, 0.2) is 17.0 Å². The van der Waals surface area contributed by atoms with E-state index in [2.05, 4.69) is 4.72 Å². The van der Waals surface area contributed by atoms with Gasteiger partial charge < -0.3 is 14.2 Å². The van der Waals surface area contributed by atoms with Crippen molar-refractivity contribution in [3.63, 3.8) is 0 Å². The fourth-order valence-corrected chi connectivity index (χ4v) is 3.73. The molecule has 3 rings (SSSR count). The molecule has 0 aliphatic carbocycles. The summed E-state index contributed by atoms with van der Waals surface area (Å²) in [5, 5.41) is 11.2. The maximum absolute atomic E-state index is 12.4. The van der Waals surface area contributed by atoms with E-state index in [9.17, 15) is 18.5 Å². The first-order valence-corrected chi connectivity index (χ1v) is 8.65. The summed E-state index contributed by atoms with van der Waals surface area (Å²) in [4.78, 5) is 10.0. The summed E-state index contributed by atoms with van der Waals surface area (Å²) in [6.07, 6.45) is 1.42. The zero-order valence-corrected chi connectivity index (χ0v) is 13.0. The van der Waals surface area contributed by atoms with Gasteiger partial charge >= 0.3 is 0 Å². The van der Waals surface area contributed by atoms with Crippen molar-refractivity contribution in [2.75, 3.05) is 26.4 Å². The van der Waals surface area contributed by atoms with Gasteiger partial charge in [-0.15, -0.1) is 0 Å². The Morgan fingerprint density at radius 1 is 1.22 bits per heavy atom. The highest BCUT2D eigenvalue weighted by molar-refractivity contribution is 7.89. The van der Waals surface area contributed by atoms with E-state index in [0.29, 0.717) is 6.61 Å². The highest BCUT2D eigenvalue weighted by Gasteiger charge is 2.31. The maximum atomic E-state index is 12.4. The summed E-state index contributed by atoms with van der Waals surface area (Å²) in [7, 11) is -4.06. The van der Waals surface area contributed by atoms with Crippen molar-refractivity contribution in [1.82, 2.24) is 4.72 Å². The van der Waals surface area contributed by atoms with Crippen LogP contribution in [0.5, 0.6) is 11.5 Å². The SMILES string of the molecule is O=[N+]([O-])c1cc2c(cc1S(=O)(=O)NCC1CCCO1)OCCO2. The Balaban J connectivity index is 1.91. The average Bonchev–Trinajstić information content (AvgIpc) is 3.05. The van der Waals surface area contributed by atoms with Crippen LogP contribution in [0.2, 0.25) is 0 Å². The van der Waals surface area contributed by atoms with Gasteiger partial charge in [0.15, 0.2) is 16.4 Å². The molecule has 10 heteroatoms. The molecular weight excluding hydrogens is 328 g/mol. The minimum absolute atomic E-state index is 0.0773. The summed E-state index contributed by atoms with van der Waals surface area (Å²) < 4.78 is 43.1. The molecule has 0 bridgehead atoms. The molecule has 1 aromatic rings. The number of nitro groups is 1. The average molecular weight is 344 g/mol. The van der Waals surface area contributed by atoms with E-state index < -0.39 is 25.5 Å². The summed E-state index contributed by atoms with van der Waals surface area (Å²) in [6.45, 7) is 1.19. The Morgan fingerprint density at radius 2 is 1.91 bits per heavy atom. The minimum Gasteiger partial charge on any atom is -0.486 e. The molecule has 2 heterocycles. The maximum Gasteiger partial charge on any atom is 0.293 e. The van der Waals surface area contributed by atoms with Gasteiger partial charge in [0.05, 0.1) is 17.1 Å². The lowest BCUT2D eigenvalue weighted by Gasteiger charge is -2.19. The van der Waals surface area contributed by atoms with Gasteiger partial charge in [-0.05, 0) is 12.8 Å². The first kappa shape index (κ1) is 16.0. The van der Waals surface area contributed by atoms with E-state index >= 15 is 0 Å². The van der Waals surface area contributed by atoms with Gasteiger partial charge in [0.25, 0.3) is 5.69 Å². The van der Waals surface area contributed by atoms with Gasteiger partial charge in [0.1, 0.15) is 13.2 Å². The van der Waals surface area contributed by atoms with Crippen LogP contribution in [0.4, 0.5) is 5.69 Å². The number of ether oxygens (including phenoxy) is 3. The quantitative estimate of drug-likeness (QED) is 0.621. The molecule has 1 unspecified atom stereocenters. The summed E-state index contributed by atoms with van der Waals surface area (Å²) in [5.41, 5.74) is -0.547. The number of nitrogens with zero attached hydrogens (tertiary/aromatic N) is 1. The van der Waals surface area contributed by atoms with E-state index in [-0.39, 0.29) is 37.4 Å². The molecule has 1 atom stereocenters. The third-order valence-electron chi connectivity index (χ3n) is 3.63.